The van der Waals surface area contributed by atoms with Crippen LogP contribution in [0.5, 0.6) is 0 Å². The van der Waals surface area contributed by atoms with Gasteiger partial charge in [0.15, 0.2) is 0 Å². The Morgan fingerprint density at radius 3 is 2.27 bits per heavy atom. The van der Waals surface area contributed by atoms with Crippen LogP contribution in [-0.2, 0) is 11.2 Å². The Balaban J connectivity index is 1.60. The zero-order valence-corrected chi connectivity index (χ0v) is 13.1. The predicted molar refractivity (Wildman–Crippen MR) is 90.6 cm³/mol. The minimum atomic E-state index is 0.0537. The zero-order chi connectivity index (χ0) is 15.6. The lowest BCUT2D eigenvalue weighted by atomic mass is 10.1. The van der Waals surface area contributed by atoms with Crippen molar-refractivity contribution in [3.63, 3.8) is 0 Å². The van der Waals surface area contributed by atoms with E-state index < -0.39 is 0 Å². The molecule has 0 saturated heterocycles. The van der Waals surface area contributed by atoms with Crippen LogP contribution in [0.15, 0.2) is 60.7 Å². The molecule has 116 valence electrons. The molecule has 1 atom stereocenters. The van der Waals surface area contributed by atoms with Crippen molar-refractivity contribution in [3.05, 3.63) is 71.8 Å². The minimum absolute atomic E-state index is 0.0537. The first-order chi connectivity index (χ1) is 10.8. The van der Waals surface area contributed by atoms with Crippen LogP contribution in [0.25, 0.3) is 0 Å². The Bertz CT molecular complexity index is 554. The maximum Gasteiger partial charge on any atom is 0.221 e. The molecule has 0 radical (unpaired) electrons. The molecular formula is C19H24N2O. The van der Waals surface area contributed by atoms with Crippen LogP contribution < -0.4 is 10.6 Å². The third-order valence-electron chi connectivity index (χ3n) is 3.64. The van der Waals surface area contributed by atoms with E-state index in [-0.39, 0.29) is 11.9 Å². The van der Waals surface area contributed by atoms with Crippen molar-refractivity contribution in [2.45, 2.75) is 25.8 Å². The number of benzene rings is 2. The second-order valence-electron chi connectivity index (χ2n) is 5.44. The van der Waals surface area contributed by atoms with Gasteiger partial charge in [-0.3, -0.25) is 4.79 Å². The van der Waals surface area contributed by atoms with E-state index in [4.69, 9.17) is 0 Å². The van der Waals surface area contributed by atoms with E-state index in [1.54, 1.807) is 0 Å². The first kappa shape index (κ1) is 16.2. The molecule has 2 N–H and O–H groups in total. The van der Waals surface area contributed by atoms with Gasteiger partial charge >= 0.3 is 0 Å². The summed E-state index contributed by atoms with van der Waals surface area (Å²) in [5.74, 6) is 0.0866. The van der Waals surface area contributed by atoms with Gasteiger partial charge < -0.3 is 10.6 Å². The Morgan fingerprint density at radius 2 is 1.59 bits per heavy atom. The van der Waals surface area contributed by atoms with Gasteiger partial charge in [-0.1, -0.05) is 60.7 Å². The van der Waals surface area contributed by atoms with E-state index in [0.29, 0.717) is 13.0 Å². The summed E-state index contributed by atoms with van der Waals surface area (Å²) in [6, 6.07) is 20.4. The van der Waals surface area contributed by atoms with Crippen LogP contribution in [-0.4, -0.2) is 19.0 Å². The zero-order valence-electron chi connectivity index (χ0n) is 13.1. The van der Waals surface area contributed by atoms with E-state index >= 15 is 0 Å². The molecule has 0 aliphatic rings. The fourth-order valence-electron chi connectivity index (χ4n) is 2.34. The lowest BCUT2D eigenvalue weighted by Crippen LogP contribution is -2.30. The summed E-state index contributed by atoms with van der Waals surface area (Å²) in [6.45, 7) is 3.61. The van der Waals surface area contributed by atoms with Gasteiger partial charge in [0.2, 0.25) is 5.91 Å². The molecule has 0 aliphatic carbocycles. The van der Waals surface area contributed by atoms with Crippen molar-refractivity contribution >= 4 is 5.91 Å². The molecule has 2 rings (SSSR count). The molecule has 0 heterocycles. The Morgan fingerprint density at radius 1 is 0.955 bits per heavy atom. The maximum atomic E-state index is 11.9. The Kier molecular flexibility index (Phi) is 6.65. The summed E-state index contributed by atoms with van der Waals surface area (Å²) in [5.41, 5.74) is 2.45. The molecule has 3 heteroatoms. The average molecular weight is 296 g/mol. The van der Waals surface area contributed by atoms with Crippen molar-refractivity contribution < 1.29 is 4.79 Å². The summed E-state index contributed by atoms with van der Waals surface area (Å²) >= 11 is 0. The van der Waals surface area contributed by atoms with E-state index in [1.165, 1.54) is 5.56 Å². The molecule has 3 nitrogen and oxygen atoms in total. The fraction of sp³-hybridized carbons (Fsp3) is 0.316. The SMILES string of the molecule is CC(NC(=O)CCNCCc1ccccc1)c1ccccc1. The van der Waals surface area contributed by atoms with Crippen molar-refractivity contribution in [2.75, 3.05) is 13.1 Å². The molecule has 0 spiro atoms. The van der Waals surface area contributed by atoms with Crippen molar-refractivity contribution in [1.82, 2.24) is 10.6 Å². The number of hydrogen-bond acceptors (Lipinski definition) is 2. The quantitative estimate of drug-likeness (QED) is 0.735. The monoisotopic (exact) mass is 296 g/mol. The minimum Gasteiger partial charge on any atom is -0.350 e. The lowest BCUT2D eigenvalue weighted by molar-refractivity contribution is -0.121. The van der Waals surface area contributed by atoms with Crippen molar-refractivity contribution in [1.29, 1.82) is 0 Å². The standard InChI is InChI=1S/C19H24N2O/c1-16(18-10-6-3-7-11-18)21-19(22)13-15-20-14-12-17-8-4-2-5-9-17/h2-11,16,20H,12-15H2,1H3,(H,21,22). The van der Waals surface area contributed by atoms with Crippen LogP contribution in [0.1, 0.15) is 30.5 Å². The van der Waals surface area contributed by atoms with E-state index in [2.05, 4.69) is 22.8 Å². The third-order valence-corrected chi connectivity index (χ3v) is 3.64. The van der Waals surface area contributed by atoms with Crippen molar-refractivity contribution in [2.24, 2.45) is 0 Å². The second kappa shape index (κ2) is 9.00. The number of carbonyl (C=O) groups is 1. The predicted octanol–water partition coefficient (Wildman–Crippen LogP) is 3.09. The maximum absolute atomic E-state index is 11.9. The van der Waals surface area contributed by atoms with Crippen molar-refractivity contribution in [3.8, 4) is 0 Å². The largest absolute Gasteiger partial charge is 0.350 e. The van der Waals surface area contributed by atoms with Gasteiger partial charge in [-0.15, -0.1) is 0 Å². The highest BCUT2D eigenvalue weighted by Gasteiger charge is 2.08. The van der Waals surface area contributed by atoms with E-state index in [9.17, 15) is 4.79 Å². The smallest absolute Gasteiger partial charge is 0.221 e. The number of hydrogen-bond donors (Lipinski definition) is 2. The molecule has 0 aromatic heterocycles. The molecule has 0 aliphatic heterocycles. The molecule has 0 bridgehead atoms. The third kappa shape index (κ3) is 5.70. The highest BCUT2D eigenvalue weighted by Crippen LogP contribution is 2.10. The molecule has 1 unspecified atom stereocenters. The van der Waals surface area contributed by atoms with Crippen LogP contribution in [0.3, 0.4) is 0 Å². The highest BCUT2D eigenvalue weighted by molar-refractivity contribution is 5.76. The molecule has 22 heavy (non-hydrogen) atoms. The first-order valence-corrected chi connectivity index (χ1v) is 7.84. The Hall–Kier alpha value is -2.13. The molecule has 0 fully saturated rings. The number of nitrogens with one attached hydrogen (secondary N) is 2. The van der Waals surface area contributed by atoms with Crippen LogP contribution in [0.2, 0.25) is 0 Å². The number of rotatable bonds is 8. The average Bonchev–Trinajstić information content (AvgIpc) is 2.56. The van der Waals surface area contributed by atoms with Gasteiger partial charge in [-0.2, -0.15) is 0 Å². The lowest BCUT2D eigenvalue weighted by Gasteiger charge is -2.14. The summed E-state index contributed by atoms with van der Waals surface area (Å²) in [5, 5.41) is 6.34. The Labute approximate surface area is 132 Å². The topological polar surface area (TPSA) is 41.1 Å². The van der Waals surface area contributed by atoms with E-state index in [1.807, 2.05) is 55.5 Å². The first-order valence-electron chi connectivity index (χ1n) is 7.84. The van der Waals surface area contributed by atoms with Crippen LogP contribution in [0, 0.1) is 0 Å². The summed E-state index contributed by atoms with van der Waals surface area (Å²) in [4.78, 5) is 11.9. The van der Waals surface area contributed by atoms with Gasteiger partial charge in [0, 0.05) is 13.0 Å². The second-order valence-corrected chi connectivity index (χ2v) is 5.44. The summed E-state index contributed by atoms with van der Waals surface area (Å²) in [6.07, 6.45) is 1.49. The molecule has 1 amide bonds. The molecule has 2 aromatic carbocycles. The summed E-state index contributed by atoms with van der Waals surface area (Å²) in [7, 11) is 0. The van der Waals surface area contributed by atoms with Crippen LogP contribution >= 0.6 is 0 Å². The fourth-order valence-corrected chi connectivity index (χ4v) is 2.34. The number of amides is 1. The normalized spacial score (nSPS) is 11.9. The number of carbonyl (C=O) groups excluding carboxylic acids is 1. The summed E-state index contributed by atoms with van der Waals surface area (Å²) < 4.78 is 0. The van der Waals surface area contributed by atoms with Gasteiger partial charge in [-0.05, 0) is 31.0 Å². The van der Waals surface area contributed by atoms with E-state index in [0.717, 1.165) is 18.5 Å². The molecule has 0 saturated carbocycles. The highest BCUT2D eigenvalue weighted by atomic mass is 16.1. The molecule has 2 aromatic rings. The van der Waals surface area contributed by atoms with Gasteiger partial charge in [0.05, 0.1) is 6.04 Å². The molecular weight excluding hydrogens is 272 g/mol. The van der Waals surface area contributed by atoms with Gasteiger partial charge in [-0.25, -0.2) is 0 Å². The van der Waals surface area contributed by atoms with Gasteiger partial charge in [0.1, 0.15) is 0 Å². The van der Waals surface area contributed by atoms with Gasteiger partial charge in [0.25, 0.3) is 0 Å². The van der Waals surface area contributed by atoms with Crippen LogP contribution in [0.4, 0.5) is 0 Å².